The summed E-state index contributed by atoms with van der Waals surface area (Å²) in [5.74, 6) is 0.713. The van der Waals surface area contributed by atoms with E-state index < -0.39 is 0 Å². The second-order valence-electron chi connectivity index (χ2n) is 3.41. The normalized spacial score (nSPS) is 20.7. The van der Waals surface area contributed by atoms with Gasteiger partial charge in [0.25, 0.3) is 0 Å². The highest BCUT2D eigenvalue weighted by Gasteiger charge is 2.15. The minimum atomic E-state index is 0.713. The molecule has 1 aliphatic rings. The molecule has 0 radical (unpaired) electrons. The lowest BCUT2D eigenvalue weighted by molar-refractivity contribution is 0.138. The standard InChI is InChI=1S/C8H14N4O/c1-11-2-4-12(5-3-11)6-8-10-9-7-13-8/h7H,2-6H2,1H3. The van der Waals surface area contributed by atoms with Crippen LogP contribution in [-0.4, -0.2) is 53.2 Å². The first-order valence-electron chi connectivity index (χ1n) is 4.50. The van der Waals surface area contributed by atoms with Gasteiger partial charge in [0, 0.05) is 26.2 Å². The second kappa shape index (κ2) is 3.85. The fourth-order valence-electron chi connectivity index (χ4n) is 1.46. The zero-order valence-electron chi connectivity index (χ0n) is 7.81. The molecule has 0 aromatic carbocycles. The van der Waals surface area contributed by atoms with Crippen LogP contribution in [0.25, 0.3) is 0 Å². The van der Waals surface area contributed by atoms with Gasteiger partial charge in [-0.1, -0.05) is 0 Å². The predicted molar refractivity (Wildman–Crippen MR) is 47.1 cm³/mol. The summed E-state index contributed by atoms with van der Waals surface area (Å²) in [6.45, 7) is 5.19. The lowest BCUT2D eigenvalue weighted by Crippen LogP contribution is -2.43. The molecular weight excluding hydrogens is 168 g/mol. The molecule has 5 heteroatoms. The first-order valence-corrected chi connectivity index (χ1v) is 4.50. The van der Waals surface area contributed by atoms with Crippen molar-refractivity contribution in [3.8, 4) is 0 Å². The smallest absolute Gasteiger partial charge is 0.230 e. The van der Waals surface area contributed by atoms with Crippen molar-refractivity contribution in [2.24, 2.45) is 0 Å². The minimum absolute atomic E-state index is 0.713. The van der Waals surface area contributed by atoms with Crippen LogP contribution < -0.4 is 0 Å². The van der Waals surface area contributed by atoms with Crippen LogP contribution in [0.1, 0.15) is 5.89 Å². The van der Waals surface area contributed by atoms with Crippen LogP contribution in [-0.2, 0) is 6.54 Å². The summed E-state index contributed by atoms with van der Waals surface area (Å²) in [4.78, 5) is 4.65. The topological polar surface area (TPSA) is 45.4 Å². The van der Waals surface area contributed by atoms with E-state index in [1.54, 1.807) is 0 Å². The lowest BCUT2D eigenvalue weighted by atomic mass is 10.3. The van der Waals surface area contributed by atoms with Gasteiger partial charge in [-0.15, -0.1) is 10.2 Å². The van der Waals surface area contributed by atoms with Gasteiger partial charge in [0.2, 0.25) is 12.3 Å². The highest BCUT2D eigenvalue weighted by atomic mass is 16.4. The van der Waals surface area contributed by atoms with Gasteiger partial charge in [-0.25, -0.2) is 0 Å². The van der Waals surface area contributed by atoms with E-state index in [1.807, 2.05) is 0 Å². The van der Waals surface area contributed by atoms with Crippen molar-refractivity contribution < 1.29 is 4.42 Å². The third kappa shape index (κ3) is 2.26. The molecule has 0 aliphatic carbocycles. The molecular formula is C8H14N4O. The molecule has 0 saturated carbocycles. The Labute approximate surface area is 77.3 Å². The number of rotatable bonds is 2. The minimum Gasteiger partial charge on any atom is -0.427 e. The van der Waals surface area contributed by atoms with E-state index in [2.05, 4.69) is 27.0 Å². The number of hydrogen-bond donors (Lipinski definition) is 0. The van der Waals surface area contributed by atoms with Crippen molar-refractivity contribution in [3.05, 3.63) is 12.3 Å². The van der Waals surface area contributed by atoms with E-state index in [-0.39, 0.29) is 0 Å². The van der Waals surface area contributed by atoms with Crippen molar-refractivity contribution in [3.63, 3.8) is 0 Å². The molecule has 2 heterocycles. The van der Waals surface area contributed by atoms with Crippen LogP contribution >= 0.6 is 0 Å². The van der Waals surface area contributed by atoms with Crippen molar-refractivity contribution in [2.75, 3.05) is 33.2 Å². The van der Waals surface area contributed by atoms with Gasteiger partial charge in [0.15, 0.2) is 0 Å². The molecule has 72 valence electrons. The number of nitrogens with zero attached hydrogens (tertiary/aromatic N) is 4. The molecule has 1 aromatic rings. The van der Waals surface area contributed by atoms with E-state index in [0.29, 0.717) is 5.89 Å². The number of aromatic nitrogens is 2. The maximum atomic E-state index is 5.09. The van der Waals surface area contributed by atoms with Gasteiger partial charge in [-0.2, -0.15) is 0 Å². The lowest BCUT2D eigenvalue weighted by Gasteiger charge is -2.31. The van der Waals surface area contributed by atoms with E-state index in [4.69, 9.17) is 4.42 Å². The van der Waals surface area contributed by atoms with Crippen molar-refractivity contribution in [1.82, 2.24) is 20.0 Å². The number of likely N-dealkylation sites (N-methyl/N-ethyl adjacent to an activating group) is 1. The number of piperazine rings is 1. The summed E-state index contributed by atoms with van der Waals surface area (Å²) >= 11 is 0. The molecule has 1 fully saturated rings. The molecule has 0 N–H and O–H groups in total. The average Bonchev–Trinajstić information content (AvgIpc) is 2.62. The zero-order valence-corrected chi connectivity index (χ0v) is 7.81. The van der Waals surface area contributed by atoms with Crippen LogP contribution in [0.3, 0.4) is 0 Å². The average molecular weight is 182 g/mol. The molecule has 1 aliphatic heterocycles. The van der Waals surface area contributed by atoms with E-state index in [0.717, 1.165) is 32.7 Å². The molecule has 0 bridgehead atoms. The van der Waals surface area contributed by atoms with E-state index in [9.17, 15) is 0 Å². The second-order valence-corrected chi connectivity index (χ2v) is 3.41. The fourth-order valence-corrected chi connectivity index (χ4v) is 1.46. The molecule has 0 amide bonds. The van der Waals surface area contributed by atoms with Crippen molar-refractivity contribution >= 4 is 0 Å². The Morgan fingerprint density at radius 3 is 2.77 bits per heavy atom. The molecule has 0 spiro atoms. The summed E-state index contributed by atoms with van der Waals surface area (Å²) in [6, 6.07) is 0. The largest absolute Gasteiger partial charge is 0.427 e. The third-order valence-corrected chi connectivity index (χ3v) is 2.36. The van der Waals surface area contributed by atoms with Gasteiger partial charge in [0.05, 0.1) is 6.54 Å². The molecule has 1 aromatic heterocycles. The van der Waals surface area contributed by atoms with Gasteiger partial charge < -0.3 is 9.32 Å². The van der Waals surface area contributed by atoms with E-state index in [1.165, 1.54) is 6.39 Å². The fraction of sp³-hybridized carbons (Fsp3) is 0.750. The highest BCUT2D eigenvalue weighted by Crippen LogP contribution is 2.04. The first-order chi connectivity index (χ1) is 6.34. The summed E-state index contributed by atoms with van der Waals surface area (Å²) in [5.41, 5.74) is 0. The van der Waals surface area contributed by atoms with Crippen LogP contribution in [0.2, 0.25) is 0 Å². The van der Waals surface area contributed by atoms with Crippen LogP contribution in [0.5, 0.6) is 0 Å². The molecule has 0 atom stereocenters. The van der Waals surface area contributed by atoms with Gasteiger partial charge in [-0.05, 0) is 7.05 Å². The zero-order chi connectivity index (χ0) is 9.10. The Bertz CT molecular complexity index is 241. The van der Waals surface area contributed by atoms with Crippen molar-refractivity contribution in [1.29, 1.82) is 0 Å². The van der Waals surface area contributed by atoms with Gasteiger partial charge >= 0.3 is 0 Å². The van der Waals surface area contributed by atoms with Crippen LogP contribution in [0.15, 0.2) is 10.8 Å². The molecule has 13 heavy (non-hydrogen) atoms. The molecule has 1 saturated heterocycles. The summed E-state index contributed by atoms with van der Waals surface area (Å²) in [5, 5.41) is 7.51. The Kier molecular flexibility index (Phi) is 2.56. The maximum Gasteiger partial charge on any atom is 0.230 e. The van der Waals surface area contributed by atoms with Gasteiger partial charge in [-0.3, -0.25) is 4.90 Å². The highest BCUT2D eigenvalue weighted by molar-refractivity contribution is 4.77. The van der Waals surface area contributed by atoms with Crippen molar-refractivity contribution in [2.45, 2.75) is 6.54 Å². The summed E-state index contributed by atoms with van der Waals surface area (Å²) in [7, 11) is 2.14. The SMILES string of the molecule is CN1CCN(Cc2nnco2)CC1. The molecule has 0 unspecified atom stereocenters. The quantitative estimate of drug-likeness (QED) is 0.634. The summed E-state index contributed by atoms with van der Waals surface area (Å²) < 4.78 is 5.09. The Hall–Kier alpha value is -0.940. The Balaban J connectivity index is 1.83. The molecule has 5 nitrogen and oxygen atoms in total. The third-order valence-electron chi connectivity index (χ3n) is 2.36. The monoisotopic (exact) mass is 182 g/mol. The maximum absolute atomic E-state index is 5.09. The number of hydrogen-bond acceptors (Lipinski definition) is 5. The van der Waals surface area contributed by atoms with Crippen LogP contribution in [0, 0.1) is 0 Å². The molecule has 2 rings (SSSR count). The van der Waals surface area contributed by atoms with E-state index >= 15 is 0 Å². The predicted octanol–water partition coefficient (Wildman–Crippen LogP) is -0.183. The first kappa shape index (κ1) is 8.65. The van der Waals surface area contributed by atoms with Crippen LogP contribution in [0.4, 0.5) is 0 Å². The Morgan fingerprint density at radius 2 is 2.15 bits per heavy atom. The summed E-state index contributed by atoms with van der Waals surface area (Å²) in [6.07, 6.45) is 1.38. The van der Waals surface area contributed by atoms with Gasteiger partial charge in [0.1, 0.15) is 0 Å². The Morgan fingerprint density at radius 1 is 1.38 bits per heavy atom.